The topological polar surface area (TPSA) is 102 Å². The van der Waals surface area contributed by atoms with E-state index in [-0.39, 0.29) is 18.9 Å². The second-order valence-corrected chi connectivity index (χ2v) is 6.54. The monoisotopic (exact) mass is 374 g/mol. The summed E-state index contributed by atoms with van der Waals surface area (Å²) in [4.78, 5) is 23.1. The van der Waals surface area contributed by atoms with Crippen LogP contribution in [0.25, 0.3) is 0 Å². The lowest BCUT2D eigenvalue weighted by Crippen LogP contribution is -2.33. The predicted molar refractivity (Wildman–Crippen MR) is 99.5 cm³/mol. The van der Waals surface area contributed by atoms with Gasteiger partial charge in [-0.3, -0.25) is 9.59 Å². The van der Waals surface area contributed by atoms with Crippen molar-refractivity contribution in [1.29, 1.82) is 0 Å². The molecule has 146 valence electrons. The molecule has 2 N–H and O–H groups in total. The Morgan fingerprint density at radius 3 is 2.52 bits per heavy atom. The molecule has 0 saturated heterocycles. The SMILES string of the molecule is CCCC(CNC(=O)Cc1ccc(OCc2c(C)noc2C)cc1)C(=O)O. The Kier molecular flexibility index (Phi) is 7.40. The van der Waals surface area contributed by atoms with E-state index in [0.717, 1.165) is 29.0 Å². The van der Waals surface area contributed by atoms with Gasteiger partial charge < -0.3 is 19.7 Å². The molecule has 1 aromatic heterocycles. The molecule has 1 unspecified atom stereocenters. The fraction of sp³-hybridized carbons (Fsp3) is 0.450. The fourth-order valence-electron chi connectivity index (χ4n) is 2.71. The summed E-state index contributed by atoms with van der Waals surface area (Å²) in [5.74, 6) is -0.186. The van der Waals surface area contributed by atoms with Gasteiger partial charge in [-0.25, -0.2) is 0 Å². The van der Waals surface area contributed by atoms with Crippen molar-refractivity contribution in [3.63, 3.8) is 0 Å². The summed E-state index contributed by atoms with van der Waals surface area (Å²) in [6, 6.07) is 7.25. The van der Waals surface area contributed by atoms with E-state index < -0.39 is 11.9 Å². The van der Waals surface area contributed by atoms with Gasteiger partial charge in [0, 0.05) is 6.54 Å². The van der Waals surface area contributed by atoms with Crippen molar-refractivity contribution in [1.82, 2.24) is 10.5 Å². The Balaban J connectivity index is 1.82. The lowest BCUT2D eigenvalue weighted by atomic mass is 10.0. The average Bonchev–Trinajstić information content (AvgIpc) is 2.96. The summed E-state index contributed by atoms with van der Waals surface area (Å²) in [5.41, 5.74) is 2.57. The molecule has 0 radical (unpaired) electrons. The van der Waals surface area contributed by atoms with E-state index in [1.54, 1.807) is 12.1 Å². The van der Waals surface area contributed by atoms with Crippen LogP contribution in [-0.2, 0) is 22.6 Å². The number of carboxylic acid groups (broad SMARTS) is 1. The Bertz CT molecular complexity index is 748. The van der Waals surface area contributed by atoms with Crippen molar-refractivity contribution in [2.24, 2.45) is 5.92 Å². The molecule has 2 rings (SSSR count). The summed E-state index contributed by atoms with van der Waals surface area (Å²) in [5, 5.41) is 15.7. The standard InChI is InChI=1S/C20H26N2O5/c1-4-5-16(20(24)25)11-21-19(23)10-15-6-8-17(9-7-15)26-12-18-13(2)22-27-14(18)3/h6-9,16H,4-5,10-12H2,1-3H3,(H,21,23)(H,24,25). The molecule has 1 amide bonds. The number of carbonyl (C=O) groups excluding carboxylic acids is 1. The summed E-state index contributed by atoms with van der Waals surface area (Å²) < 4.78 is 10.8. The number of nitrogens with zero attached hydrogens (tertiary/aromatic N) is 1. The number of nitrogens with one attached hydrogen (secondary N) is 1. The molecule has 27 heavy (non-hydrogen) atoms. The number of hydrogen-bond donors (Lipinski definition) is 2. The van der Waals surface area contributed by atoms with E-state index in [1.165, 1.54) is 0 Å². The number of hydrogen-bond acceptors (Lipinski definition) is 5. The van der Waals surface area contributed by atoms with Crippen molar-refractivity contribution < 1.29 is 24.0 Å². The van der Waals surface area contributed by atoms with Gasteiger partial charge in [0.05, 0.1) is 23.6 Å². The highest BCUT2D eigenvalue weighted by Crippen LogP contribution is 2.18. The van der Waals surface area contributed by atoms with E-state index in [1.807, 2.05) is 32.9 Å². The Morgan fingerprint density at radius 2 is 1.96 bits per heavy atom. The van der Waals surface area contributed by atoms with Gasteiger partial charge in [0.2, 0.25) is 5.91 Å². The molecule has 2 aromatic rings. The van der Waals surface area contributed by atoms with Gasteiger partial charge in [0.1, 0.15) is 18.1 Å². The molecule has 7 heteroatoms. The molecule has 0 aliphatic heterocycles. The van der Waals surface area contributed by atoms with E-state index >= 15 is 0 Å². The zero-order valence-corrected chi connectivity index (χ0v) is 15.9. The Hall–Kier alpha value is -2.83. The molecule has 0 spiro atoms. The summed E-state index contributed by atoms with van der Waals surface area (Å²) in [7, 11) is 0. The molecule has 0 saturated carbocycles. The van der Waals surface area contributed by atoms with Crippen molar-refractivity contribution >= 4 is 11.9 Å². The normalized spacial score (nSPS) is 11.8. The third kappa shape index (κ3) is 6.13. The van der Waals surface area contributed by atoms with Crippen molar-refractivity contribution in [2.45, 2.75) is 46.6 Å². The van der Waals surface area contributed by atoms with Crippen LogP contribution in [0.3, 0.4) is 0 Å². The Morgan fingerprint density at radius 1 is 1.26 bits per heavy atom. The van der Waals surface area contributed by atoms with Crippen LogP contribution in [0.5, 0.6) is 5.75 Å². The zero-order valence-electron chi connectivity index (χ0n) is 15.9. The van der Waals surface area contributed by atoms with Crippen molar-refractivity contribution in [3.8, 4) is 5.75 Å². The quantitative estimate of drug-likeness (QED) is 0.663. The van der Waals surface area contributed by atoms with Gasteiger partial charge in [0.15, 0.2) is 0 Å². The van der Waals surface area contributed by atoms with Crippen molar-refractivity contribution in [2.75, 3.05) is 6.54 Å². The van der Waals surface area contributed by atoms with E-state index in [9.17, 15) is 9.59 Å². The first kappa shape index (κ1) is 20.5. The van der Waals surface area contributed by atoms with Gasteiger partial charge in [-0.2, -0.15) is 0 Å². The maximum absolute atomic E-state index is 12.0. The minimum absolute atomic E-state index is 0.153. The van der Waals surface area contributed by atoms with Crippen LogP contribution in [0, 0.1) is 19.8 Å². The number of carbonyl (C=O) groups is 2. The number of amides is 1. The first-order valence-corrected chi connectivity index (χ1v) is 9.03. The maximum atomic E-state index is 12.0. The molecule has 1 aromatic carbocycles. The average molecular weight is 374 g/mol. The molecule has 1 heterocycles. The lowest BCUT2D eigenvalue weighted by Gasteiger charge is -2.12. The summed E-state index contributed by atoms with van der Waals surface area (Å²) in [6.07, 6.45) is 1.51. The van der Waals surface area contributed by atoms with Crippen LogP contribution in [0.2, 0.25) is 0 Å². The number of aliphatic carboxylic acids is 1. The van der Waals surface area contributed by atoms with Gasteiger partial charge >= 0.3 is 5.97 Å². The predicted octanol–water partition coefficient (Wildman–Crippen LogP) is 3.03. The van der Waals surface area contributed by atoms with Gasteiger partial charge in [-0.15, -0.1) is 0 Å². The molecule has 7 nitrogen and oxygen atoms in total. The summed E-state index contributed by atoms with van der Waals surface area (Å²) >= 11 is 0. The van der Waals surface area contributed by atoms with Crippen LogP contribution in [0.15, 0.2) is 28.8 Å². The molecule has 0 aliphatic carbocycles. The van der Waals surface area contributed by atoms with E-state index in [0.29, 0.717) is 18.8 Å². The molecular formula is C20H26N2O5. The largest absolute Gasteiger partial charge is 0.489 e. The van der Waals surface area contributed by atoms with Gasteiger partial charge in [0.25, 0.3) is 0 Å². The van der Waals surface area contributed by atoms with Gasteiger partial charge in [-0.1, -0.05) is 30.6 Å². The summed E-state index contributed by atoms with van der Waals surface area (Å²) in [6.45, 7) is 6.16. The first-order valence-electron chi connectivity index (χ1n) is 9.03. The van der Waals surface area contributed by atoms with Crippen LogP contribution in [-0.4, -0.2) is 28.7 Å². The zero-order chi connectivity index (χ0) is 19.8. The maximum Gasteiger partial charge on any atom is 0.308 e. The number of rotatable bonds is 10. The van der Waals surface area contributed by atoms with Crippen LogP contribution >= 0.6 is 0 Å². The fourth-order valence-corrected chi connectivity index (χ4v) is 2.71. The van der Waals surface area contributed by atoms with Crippen molar-refractivity contribution in [3.05, 3.63) is 46.8 Å². The highest BCUT2D eigenvalue weighted by atomic mass is 16.5. The third-order valence-electron chi connectivity index (χ3n) is 4.38. The second-order valence-electron chi connectivity index (χ2n) is 6.54. The molecule has 0 bridgehead atoms. The lowest BCUT2D eigenvalue weighted by molar-refractivity contribution is -0.141. The second kappa shape index (κ2) is 9.75. The molecule has 1 atom stereocenters. The van der Waals surface area contributed by atoms with Gasteiger partial charge in [-0.05, 0) is 38.0 Å². The highest BCUT2D eigenvalue weighted by Gasteiger charge is 2.17. The highest BCUT2D eigenvalue weighted by molar-refractivity contribution is 5.79. The van der Waals surface area contributed by atoms with E-state index in [4.69, 9.17) is 14.4 Å². The number of carboxylic acids is 1. The third-order valence-corrected chi connectivity index (χ3v) is 4.38. The van der Waals surface area contributed by atoms with Crippen LogP contribution in [0.4, 0.5) is 0 Å². The first-order chi connectivity index (χ1) is 12.9. The van der Waals surface area contributed by atoms with Crippen LogP contribution in [0.1, 0.15) is 42.3 Å². The molecular weight excluding hydrogens is 348 g/mol. The molecule has 0 fully saturated rings. The smallest absolute Gasteiger partial charge is 0.308 e. The van der Waals surface area contributed by atoms with Crippen LogP contribution < -0.4 is 10.1 Å². The minimum Gasteiger partial charge on any atom is -0.489 e. The van der Waals surface area contributed by atoms with E-state index in [2.05, 4.69) is 10.5 Å². The number of aromatic nitrogens is 1. The molecule has 0 aliphatic rings. The number of ether oxygens (including phenoxy) is 1. The minimum atomic E-state index is -0.878. The Labute approximate surface area is 158 Å². The number of benzene rings is 1. The number of aryl methyl sites for hydroxylation is 2.